The van der Waals surface area contributed by atoms with Crippen molar-refractivity contribution in [2.75, 3.05) is 5.73 Å². The van der Waals surface area contributed by atoms with Crippen LogP contribution in [-0.4, -0.2) is 9.55 Å². The monoisotopic (exact) mass is 243 g/mol. The van der Waals surface area contributed by atoms with Gasteiger partial charge in [0.15, 0.2) is 0 Å². The van der Waals surface area contributed by atoms with Gasteiger partial charge in [0, 0.05) is 18.5 Å². The average Bonchev–Trinajstić information content (AvgIpc) is 2.67. The van der Waals surface area contributed by atoms with Gasteiger partial charge in [0.2, 0.25) is 0 Å². The molecule has 3 nitrogen and oxygen atoms in total. The molecule has 1 heterocycles. The number of rotatable bonds is 4. The average molecular weight is 243 g/mol. The van der Waals surface area contributed by atoms with E-state index in [4.69, 9.17) is 5.73 Å². The van der Waals surface area contributed by atoms with Gasteiger partial charge >= 0.3 is 0 Å². The number of aromatic nitrogens is 2. The molecule has 0 radical (unpaired) electrons. The van der Waals surface area contributed by atoms with E-state index in [0.29, 0.717) is 5.92 Å². The van der Waals surface area contributed by atoms with E-state index in [1.165, 1.54) is 0 Å². The molecule has 0 fully saturated rings. The van der Waals surface area contributed by atoms with Gasteiger partial charge in [-0.3, -0.25) is 0 Å². The summed E-state index contributed by atoms with van der Waals surface area (Å²) in [5, 5.41) is 0. The smallest absolute Gasteiger partial charge is 0.131 e. The third-order valence-corrected chi connectivity index (χ3v) is 3.00. The number of hydrogen-bond acceptors (Lipinski definition) is 2. The molecule has 2 rings (SSSR count). The van der Waals surface area contributed by atoms with E-state index in [2.05, 4.69) is 42.5 Å². The van der Waals surface area contributed by atoms with Gasteiger partial charge in [-0.1, -0.05) is 51.1 Å². The summed E-state index contributed by atoms with van der Waals surface area (Å²) in [6, 6.07) is 10.1. The van der Waals surface area contributed by atoms with Gasteiger partial charge in [-0.15, -0.1) is 0 Å². The first kappa shape index (κ1) is 12.7. The molecule has 1 aromatic heterocycles. The number of hydrogen-bond donors (Lipinski definition) is 1. The lowest BCUT2D eigenvalue weighted by molar-refractivity contribution is 0.513. The number of anilines is 1. The molecule has 0 saturated carbocycles. The Morgan fingerprint density at radius 2 is 1.89 bits per heavy atom. The zero-order chi connectivity index (χ0) is 13.1. The molecule has 2 aromatic rings. The first-order valence-electron chi connectivity index (χ1n) is 6.53. The Hall–Kier alpha value is -1.77. The highest BCUT2D eigenvalue weighted by molar-refractivity contribution is 5.70. The van der Waals surface area contributed by atoms with Gasteiger partial charge in [0.1, 0.15) is 17.3 Å². The lowest BCUT2D eigenvalue weighted by Gasteiger charge is -2.11. The molecule has 96 valence electrons. The van der Waals surface area contributed by atoms with Crippen molar-refractivity contribution in [3.8, 4) is 11.3 Å². The van der Waals surface area contributed by atoms with Crippen molar-refractivity contribution in [3.05, 3.63) is 36.2 Å². The quantitative estimate of drug-likeness (QED) is 0.895. The number of imidazole rings is 1. The lowest BCUT2D eigenvalue weighted by Crippen LogP contribution is -2.10. The van der Waals surface area contributed by atoms with E-state index in [0.717, 1.165) is 35.9 Å². The van der Waals surface area contributed by atoms with E-state index in [1.807, 2.05) is 18.2 Å². The highest BCUT2D eigenvalue weighted by Crippen LogP contribution is 2.27. The van der Waals surface area contributed by atoms with Gasteiger partial charge in [-0.05, 0) is 5.92 Å². The van der Waals surface area contributed by atoms with Gasteiger partial charge in [-0.25, -0.2) is 4.98 Å². The number of aryl methyl sites for hydroxylation is 1. The zero-order valence-corrected chi connectivity index (χ0v) is 11.4. The minimum absolute atomic E-state index is 0.565. The van der Waals surface area contributed by atoms with Crippen LogP contribution < -0.4 is 5.73 Å². The first-order chi connectivity index (χ1) is 8.63. The number of nitrogens with two attached hydrogens (primary N) is 1. The van der Waals surface area contributed by atoms with Crippen molar-refractivity contribution in [2.45, 2.75) is 33.7 Å². The Morgan fingerprint density at radius 3 is 2.44 bits per heavy atom. The van der Waals surface area contributed by atoms with Gasteiger partial charge in [0.05, 0.1) is 0 Å². The lowest BCUT2D eigenvalue weighted by atomic mass is 10.1. The summed E-state index contributed by atoms with van der Waals surface area (Å²) in [5.74, 6) is 2.42. The number of nitrogens with zero attached hydrogens (tertiary/aromatic N) is 2. The minimum Gasteiger partial charge on any atom is -0.383 e. The molecule has 0 spiro atoms. The fourth-order valence-electron chi connectivity index (χ4n) is 2.16. The highest BCUT2D eigenvalue weighted by Gasteiger charge is 2.15. The normalized spacial score (nSPS) is 11.1. The molecule has 0 atom stereocenters. The Morgan fingerprint density at radius 1 is 1.22 bits per heavy atom. The Labute approximate surface area is 109 Å². The van der Waals surface area contributed by atoms with E-state index < -0.39 is 0 Å². The third-order valence-electron chi connectivity index (χ3n) is 3.00. The topological polar surface area (TPSA) is 43.8 Å². The van der Waals surface area contributed by atoms with Crippen molar-refractivity contribution in [2.24, 2.45) is 5.92 Å². The fraction of sp³-hybridized carbons (Fsp3) is 0.400. The maximum atomic E-state index is 6.26. The van der Waals surface area contributed by atoms with Crippen LogP contribution in [-0.2, 0) is 13.0 Å². The predicted molar refractivity (Wildman–Crippen MR) is 76.3 cm³/mol. The molecule has 0 unspecified atom stereocenters. The van der Waals surface area contributed by atoms with E-state index in [1.54, 1.807) is 0 Å². The van der Waals surface area contributed by atoms with Crippen LogP contribution in [0.2, 0.25) is 0 Å². The molecule has 0 amide bonds. The third kappa shape index (κ3) is 2.40. The minimum atomic E-state index is 0.565. The molecule has 1 aromatic carbocycles. The molecule has 0 aliphatic rings. The first-order valence-corrected chi connectivity index (χ1v) is 6.53. The molecule has 18 heavy (non-hydrogen) atoms. The van der Waals surface area contributed by atoms with E-state index in [9.17, 15) is 0 Å². The van der Waals surface area contributed by atoms with Crippen molar-refractivity contribution < 1.29 is 0 Å². The molecule has 0 saturated heterocycles. The molecular weight excluding hydrogens is 222 g/mol. The summed E-state index contributed by atoms with van der Waals surface area (Å²) in [6.07, 6.45) is 0.907. The van der Waals surface area contributed by atoms with Crippen LogP contribution in [0.4, 0.5) is 5.82 Å². The molecule has 3 heteroatoms. The molecular formula is C15H21N3. The van der Waals surface area contributed by atoms with E-state index >= 15 is 0 Å². The fourth-order valence-corrected chi connectivity index (χ4v) is 2.16. The zero-order valence-electron chi connectivity index (χ0n) is 11.4. The summed E-state index contributed by atoms with van der Waals surface area (Å²) >= 11 is 0. The number of nitrogen functional groups attached to an aromatic ring is 1. The van der Waals surface area contributed by atoms with Crippen LogP contribution in [0.5, 0.6) is 0 Å². The van der Waals surface area contributed by atoms with Crippen LogP contribution in [0.3, 0.4) is 0 Å². The largest absolute Gasteiger partial charge is 0.383 e. The van der Waals surface area contributed by atoms with Crippen LogP contribution in [0, 0.1) is 5.92 Å². The maximum Gasteiger partial charge on any atom is 0.131 e. The van der Waals surface area contributed by atoms with Gasteiger partial charge in [-0.2, -0.15) is 0 Å². The summed E-state index contributed by atoms with van der Waals surface area (Å²) in [6.45, 7) is 7.43. The van der Waals surface area contributed by atoms with Gasteiger partial charge < -0.3 is 10.3 Å². The number of benzene rings is 1. The Bertz CT molecular complexity index is 512. The summed E-state index contributed by atoms with van der Waals surface area (Å²) in [7, 11) is 0. The van der Waals surface area contributed by atoms with Crippen molar-refractivity contribution in [1.82, 2.24) is 9.55 Å². The van der Waals surface area contributed by atoms with Crippen molar-refractivity contribution >= 4 is 5.82 Å². The van der Waals surface area contributed by atoms with Crippen LogP contribution in [0.1, 0.15) is 26.6 Å². The second-order valence-electron chi connectivity index (χ2n) is 4.99. The van der Waals surface area contributed by atoms with Crippen LogP contribution in [0.25, 0.3) is 11.3 Å². The van der Waals surface area contributed by atoms with Crippen LogP contribution in [0.15, 0.2) is 30.3 Å². The Kier molecular flexibility index (Phi) is 3.70. The Balaban J connectivity index is 2.47. The standard InChI is InChI=1S/C15H21N3/c1-4-13-17-14(12-8-6-5-7-9-12)15(16)18(13)10-11(2)3/h5-9,11H,4,10,16H2,1-3H3. The van der Waals surface area contributed by atoms with Crippen molar-refractivity contribution in [1.29, 1.82) is 0 Å². The molecule has 0 aliphatic carbocycles. The summed E-state index contributed by atoms with van der Waals surface area (Å²) in [4.78, 5) is 4.69. The summed E-state index contributed by atoms with van der Waals surface area (Å²) in [5.41, 5.74) is 8.26. The maximum absolute atomic E-state index is 6.26. The second kappa shape index (κ2) is 5.25. The van der Waals surface area contributed by atoms with Gasteiger partial charge in [0.25, 0.3) is 0 Å². The van der Waals surface area contributed by atoms with Crippen molar-refractivity contribution in [3.63, 3.8) is 0 Å². The molecule has 0 bridgehead atoms. The highest BCUT2D eigenvalue weighted by atomic mass is 15.1. The van der Waals surface area contributed by atoms with E-state index in [-0.39, 0.29) is 0 Å². The van der Waals surface area contributed by atoms with Crippen LogP contribution >= 0.6 is 0 Å². The second-order valence-corrected chi connectivity index (χ2v) is 4.99. The molecule has 0 aliphatic heterocycles. The SMILES string of the molecule is CCc1nc(-c2ccccc2)c(N)n1CC(C)C. The predicted octanol–water partition coefficient (Wildman–Crippen LogP) is 3.35. The summed E-state index contributed by atoms with van der Waals surface area (Å²) < 4.78 is 2.15. The molecule has 2 N–H and O–H groups in total.